The number of carbonyl (C=O) groups excluding carboxylic acids is 2. The van der Waals surface area contributed by atoms with Crippen LogP contribution >= 0.6 is 22.9 Å². The van der Waals surface area contributed by atoms with E-state index in [0.717, 1.165) is 43.5 Å². The third kappa shape index (κ3) is 6.08. The predicted octanol–water partition coefficient (Wildman–Crippen LogP) is 4.73. The first-order valence-corrected chi connectivity index (χ1v) is 12.2. The van der Waals surface area contributed by atoms with Crippen LogP contribution in [0.5, 0.6) is 0 Å². The maximum Gasteiger partial charge on any atom is 0.418 e. The highest BCUT2D eigenvalue weighted by molar-refractivity contribution is 7.13. The number of anilines is 2. The topological polar surface area (TPSA) is 113 Å². The number of hydrogen-bond donors (Lipinski definition) is 2. The van der Waals surface area contributed by atoms with Gasteiger partial charge in [-0.3, -0.25) is 9.59 Å². The molecule has 4 rings (SSSR count). The zero-order valence-corrected chi connectivity index (χ0v) is 20.5. The zero-order valence-electron chi connectivity index (χ0n) is 19.0. The molecule has 4 heterocycles. The highest BCUT2D eigenvalue weighted by Crippen LogP contribution is 2.35. The highest BCUT2D eigenvalue weighted by Gasteiger charge is 2.34. The fraction of sp³-hybridized carbons (Fsp3) is 0.364. The van der Waals surface area contributed by atoms with E-state index in [9.17, 15) is 22.8 Å². The molecule has 0 bridgehead atoms. The number of alkyl halides is 3. The number of nitrogens with one attached hydrogen (secondary N) is 2. The minimum atomic E-state index is -4.69. The second-order valence-corrected chi connectivity index (χ2v) is 9.54. The van der Waals surface area contributed by atoms with Crippen molar-refractivity contribution in [3.63, 3.8) is 0 Å². The maximum absolute atomic E-state index is 13.0. The predicted molar refractivity (Wildman–Crippen MR) is 128 cm³/mol. The van der Waals surface area contributed by atoms with Gasteiger partial charge < -0.3 is 15.5 Å². The summed E-state index contributed by atoms with van der Waals surface area (Å²) in [4.78, 5) is 43.7. The molecule has 36 heavy (non-hydrogen) atoms. The summed E-state index contributed by atoms with van der Waals surface area (Å²) in [5, 5.41) is 4.96. The fourth-order valence-electron chi connectivity index (χ4n) is 3.59. The van der Waals surface area contributed by atoms with Gasteiger partial charge in [-0.15, -0.1) is 11.3 Å². The summed E-state index contributed by atoms with van der Waals surface area (Å²) in [6, 6.07) is 1.75. The number of carbonyl (C=O) groups is 2. The number of aromatic nitrogens is 4. The van der Waals surface area contributed by atoms with Crippen molar-refractivity contribution in [2.24, 2.45) is 0 Å². The molecule has 0 aromatic carbocycles. The largest absolute Gasteiger partial charge is 0.418 e. The van der Waals surface area contributed by atoms with Crippen molar-refractivity contribution in [2.45, 2.75) is 38.4 Å². The standard InChI is InChI=1S/C22H21ClF3N7O2S/c1-12(31-19(34)15-8-18(30-11-29-15)33-5-3-2-4-6-33)21-28-10-16(36-21)20(35)32-17-7-13(22(24,25)26)14(23)9-27-17/h7-12H,2-6H2,1H3,(H,31,34)(H,27,32,35). The Morgan fingerprint density at radius 2 is 1.81 bits per heavy atom. The highest BCUT2D eigenvalue weighted by atomic mass is 35.5. The van der Waals surface area contributed by atoms with Crippen LogP contribution in [0.3, 0.4) is 0 Å². The van der Waals surface area contributed by atoms with Gasteiger partial charge in [-0.2, -0.15) is 13.2 Å². The molecule has 2 N–H and O–H groups in total. The van der Waals surface area contributed by atoms with Crippen LogP contribution in [0, 0.1) is 0 Å². The van der Waals surface area contributed by atoms with Crippen LogP contribution in [0.4, 0.5) is 24.8 Å². The second kappa shape index (κ2) is 10.7. The molecule has 190 valence electrons. The molecule has 1 atom stereocenters. The van der Waals surface area contributed by atoms with Gasteiger partial charge in [0.2, 0.25) is 0 Å². The average molecular weight is 540 g/mol. The second-order valence-electron chi connectivity index (χ2n) is 8.07. The number of amides is 2. The molecular formula is C22H21ClF3N7O2S. The lowest BCUT2D eigenvalue weighted by Gasteiger charge is -2.27. The molecule has 3 aromatic rings. The summed E-state index contributed by atoms with van der Waals surface area (Å²) in [5.41, 5.74) is -0.898. The molecule has 2 amide bonds. The Balaban J connectivity index is 1.40. The normalized spacial score (nSPS) is 14.9. The van der Waals surface area contributed by atoms with Crippen LogP contribution in [0.1, 0.15) is 63.0 Å². The van der Waals surface area contributed by atoms with Crippen LogP contribution < -0.4 is 15.5 Å². The molecule has 1 fully saturated rings. The molecule has 0 radical (unpaired) electrons. The summed E-state index contributed by atoms with van der Waals surface area (Å²) in [6.45, 7) is 3.45. The van der Waals surface area contributed by atoms with Crippen LogP contribution in [0.2, 0.25) is 5.02 Å². The Morgan fingerprint density at radius 3 is 2.53 bits per heavy atom. The van der Waals surface area contributed by atoms with Gasteiger partial charge in [-0.1, -0.05) is 11.6 Å². The Bertz CT molecular complexity index is 1260. The monoisotopic (exact) mass is 539 g/mol. The number of piperidine rings is 1. The van der Waals surface area contributed by atoms with E-state index in [1.807, 2.05) is 0 Å². The lowest BCUT2D eigenvalue weighted by atomic mass is 10.1. The van der Waals surface area contributed by atoms with Gasteiger partial charge in [0.05, 0.1) is 22.8 Å². The number of rotatable bonds is 6. The molecule has 0 aliphatic carbocycles. The van der Waals surface area contributed by atoms with E-state index in [0.29, 0.717) is 16.9 Å². The third-order valence-electron chi connectivity index (χ3n) is 5.43. The third-order valence-corrected chi connectivity index (χ3v) is 6.91. The van der Waals surface area contributed by atoms with Crippen LogP contribution in [0.15, 0.2) is 30.9 Å². The van der Waals surface area contributed by atoms with E-state index in [4.69, 9.17) is 11.6 Å². The zero-order chi connectivity index (χ0) is 25.9. The number of nitrogens with zero attached hydrogens (tertiary/aromatic N) is 5. The molecular weight excluding hydrogens is 519 g/mol. The molecule has 0 spiro atoms. The molecule has 1 unspecified atom stereocenters. The Labute approximate surface area is 213 Å². The number of hydrogen-bond acceptors (Lipinski definition) is 8. The van der Waals surface area contributed by atoms with Gasteiger partial charge in [-0.05, 0) is 32.3 Å². The van der Waals surface area contributed by atoms with Crippen molar-refractivity contribution in [1.82, 2.24) is 25.3 Å². The van der Waals surface area contributed by atoms with Crippen LogP contribution in [0.25, 0.3) is 0 Å². The van der Waals surface area contributed by atoms with E-state index in [-0.39, 0.29) is 16.4 Å². The summed E-state index contributed by atoms with van der Waals surface area (Å²) in [5.74, 6) is -0.724. The molecule has 9 nitrogen and oxygen atoms in total. The van der Waals surface area contributed by atoms with Gasteiger partial charge in [-0.25, -0.2) is 19.9 Å². The maximum atomic E-state index is 13.0. The Morgan fingerprint density at radius 1 is 1.06 bits per heavy atom. The molecule has 3 aromatic heterocycles. The molecule has 0 saturated carbocycles. The van der Waals surface area contributed by atoms with E-state index in [1.165, 1.54) is 18.9 Å². The smallest absolute Gasteiger partial charge is 0.357 e. The molecule has 14 heteroatoms. The van der Waals surface area contributed by atoms with E-state index < -0.39 is 34.6 Å². The lowest BCUT2D eigenvalue weighted by molar-refractivity contribution is -0.137. The summed E-state index contributed by atoms with van der Waals surface area (Å²) in [7, 11) is 0. The first-order valence-electron chi connectivity index (χ1n) is 11.0. The molecule has 1 aliphatic heterocycles. The Kier molecular flexibility index (Phi) is 7.69. The van der Waals surface area contributed by atoms with E-state index >= 15 is 0 Å². The molecule has 1 aliphatic rings. The van der Waals surface area contributed by atoms with Crippen molar-refractivity contribution in [1.29, 1.82) is 0 Å². The van der Waals surface area contributed by atoms with Crippen LogP contribution in [-0.2, 0) is 6.18 Å². The summed E-state index contributed by atoms with van der Waals surface area (Å²) >= 11 is 6.55. The quantitative estimate of drug-likeness (QED) is 0.465. The van der Waals surface area contributed by atoms with Gasteiger partial charge >= 0.3 is 6.18 Å². The van der Waals surface area contributed by atoms with Crippen molar-refractivity contribution in [3.05, 3.63) is 57.0 Å². The summed E-state index contributed by atoms with van der Waals surface area (Å²) in [6.07, 6.45) is 2.07. The SMILES string of the molecule is CC(NC(=O)c1cc(N2CCCCC2)ncn1)c1ncc(C(=O)Nc2cc(C(F)(F)F)c(Cl)cn2)s1. The molecule has 1 saturated heterocycles. The van der Waals surface area contributed by atoms with Crippen molar-refractivity contribution in [2.75, 3.05) is 23.3 Å². The average Bonchev–Trinajstić information content (AvgIpc) is 3.36. The van der Waals surface area contributed by atoms with E-state index in [1.54, 1.807) is 13.0 Å². The number of halogens is 4. The Hall–Kier alpha value is -3.32. The number of thiazole rings is 1. The van der Waals surface area contributed by atoms with Gasteiger partial charge in [0.15, 0.2) is 0 Å². The number of pyridine rings is 1. The van der Waals surface area contributed by atoms with Crippen molar-refractivity contribution < 1.29 is 22.8 Å². The minimum Gasteiger partial charge on any atom is -0.357 e. The first-order chi connectivity index (χ1) is 17.1. The van der Waals surface area contributed by atoms with Gasteiger partial charge in [0, 0.05) is 25.4 Å². The summed E-state index contributed by atoms with van der Waals surface area (Å²) < 4.78 is 39.1. The van der Waals surface area contributed by atoms with Gasteiger partial charge in [0.1, 0.15) is 33.5 Å². The fourth-order valence-corrected chi connectivity index (χ4v) is 4.62. The lowest BCUT2D eigenvalue weighted by Crippen LogP contribution is -2.31. The first kappa shape index (κ1) is 25.8. The van der Waals surface area contributed by atoms with Gasteiger partial charge in [0.25, 0.3) is 11.8 Å². The van der Waals surface area contributed by atoms with Crippen molar-refractivity contribution >= 4 is 46.4 Å². The van der Waals surface area contributed by atoms with Crippen LogP contribution in [-0.4, -0.2) is 44.8 Å². The minimum absolute atomic E-state index is 0.130. The van der Waals surface area contributed by atoms with E-state index in [2.05, 4.69) is 35.5 Å². The van der Waals surface area contributed by atoms with Crippen molar-refractivity contribution in [3.8, 4) is 0 Å².